The lowest BCUT2D eigenvalue weighted by atomic mass is 10.2. The molecule has 7 nitrogen and oxygen atoms in total. The first kappa shape index (κ1) is 19.0. The molecule has 0 spiro atoms. The molecule has 0 unspecified atom stereocenters. The minimum Gasteiger partial charge on any atom is -0.493 e. The summed E-state index contributed by atoms with van der Waals surface area (Å²) in [5.74, 6) is 0.498. The van der Waals surface area contributed by atoms with Crippen molar-refractivity contribution in [3.05, 3.63) is 53.6 Å². The van der Waals surface area contributed by atoms with E-state index in [1.807, 2.05) is 25.1 Å². The van der Waals surface area contributed by atoms with Crippen LogP contribution in [0.15, 0.2) is 47.6 Å². The van der Waals surface area contributed by atoms with Crippen molar-refractivity contribution in [2.24, 2.45) is 5.10 Å². The fourth-order valence-electron chi connectivity index (χ4n) is 2.07. The van der Waals surface area contributed by atoms with E-state index in [4.69, 9.17) is 14.2 Å². The third kappa shape index (κ3) is 5.94. The third-order valence-corrected chi connectivity index (χ3v) is 3.20. The molecule has 0 fully saturated rings. The van der Waals surface area contributed by atoms with Gasteiger partial charge in [-0.05, 0) is 48.4 Å². The summed E-state index contributed by atoms with van der Waals surface area (Å²) in [7, 11) is 1.47. The number of hydrazone groups is 1. The van der Waals surface area contributed by atoms with Crippen molar-refractivity contribution < 1.29 is 23.8 Å². The second-order valence-electron chi connectivity index (χ2n) is 5.40. The van der Waals surface area contributed by atoms with E-state index in [-0.39, 0.29) is 12.5 Å². The van der Waals surface area contributed by atoms with Crippen LogP contribution >= 0.6 is 0 Å². The van der Waals surface area contributed by atoms with Gasteiger partial charge in [0.1, 0.15) is 5.75 Å². The molecule has 136 valence electrons. The Balaban J connectivity index is 1.89. The van der Waals surface area contributed by atoms with Crippen molar-refractivity contribution in [2.45, 2.75) is 13.8 Å². The van der Waals surface area contributed by atoms with Gasteiger partial charge in [-0.15, -0.1) is 0 Å². The number of hydrogen-bond acceptors (Lipinski definition) is 6. The number of benzene rings is 2. The van der Waals surface area contributed by atoms with Crippen LogP contribution in [0.3, 0.4) is 0 Å². The van der Waals surface area contributed by atoms with Crippen LogP contribution in [-0.4, -0.2) is 31.8 Å². The maximum Gasteiger partial charge on any atom is 0.308 e. The van der Waals surface area contributed by atoms with Crippen LogP contribution in [0.2, 0.25) is 0 Å². The van der Waals surface area contributed by atoms with Crippen molar-refractivity contribution in [3.63, 3.8) is 0 Å². The molecule has 2 aromatic rings. The second-order valence-corrected chi connectivity index (χ2v) is 5.40. The zero-order valence-corrected chi connectivity index (χ0v) is 14.8. The summed E-state index contributed by atoms with van der Waals surface area (Å²) in [6.45, 7) is 3.11. The second kappa shape index (κ2) is 9.22. The van der Waals surface area contributed by atoms with Crippen molar-refractivity contribution in [3.8, 4) is 17.2 Å². The van der Waals surface area contributed by atoms with Gasteiger partial charge in [0.2, 0.25) is 0 Å². The van der Waals surface area contributed by atoms with E-state index >= 15 is 0 Å². The molecule has 0 heterocycles. The highest BCUT2D eigenvalue weighted by atomic mass is 16.6. The number of amides is 1. The number of hydrogen-bond donors (Lipinski definition) is 1. The Morgan fingerprint density at radius 1 is 1.15 bits per heavy atom. The van der Waals surface area contributed by atoms with E-state index < -0.39 is 5.97 Å². The molecule has 0 bridgehead atoms. The van der Waals surface area contributed by atoms with E-state index in [0.29, 0.717) is 22.8 Å². The van der Waals surface area contributed by atoms with Crippen LogP contribution in [0.1, 0.15) is 18.1 Å². The summed E-state index contributed by atoms with van der Waals surface area (Å²) >= 11 is 0. The Kier molecular flexibility index (Phi) is 6.73. The van der Waals surface area contributed by atoms with Gasteiger partial charge in [-0.25, -0.2) is 5.43 Å². The Morgan fingerprint density at radius 3 is 2.65 bits per heavy atom. The first-order valence-corrected chi connectivity index (χ1v) is 7.86. The largest absolute Gasteiger partial charge is 0.493 e. The van der Waals surface area contributed by atoms with Crippen molar-refractivity contribution in [2.75, 3.05) is 13.7 Å². The molecule has 0 aromatic heterocycles. The van der Waals surface area contributed by atoms with Gasteiger partial charge in [-0.1, -0.05) is 12.1 Å². The zero-order valence-electron chi connectivity index (χ0n) is 14.8. The summed E-state index contributed by atoms with van der Waals surface area (Å²) in [6.07, 6.45) is 1.45. The lowest BCUT2D eigenvalue weighted by Gasteiger charge is -2.08. The van der Waals surface area contributed by atoms with E-state index in [2.05, 4.69) is 10.5 Å². The number of esters is 1. The van der Waals surface area contributed by atoms with Crippen molar-refractivity contribution in [1.82, 2.24) is 5.43 Å². The topological polar surface area (TPSA) is 86.2 Å². The molecule has 7 heteroatoms. The Labute approximate surface area is 151 Å². The molecule has 0 aliphatic heterocycles. The molecule has 1 amide bonds. The normalized spacial score (nSPS) is 10.4. The fraction of sp³-hybridized carbons (Fsp3) is 0.211. The number of nitrogens with zero attached hydrogens (tertiary/aromatic N) is 1. The molecule has 2 rings (SSSR count). The standard InChI is InChI=1S/C19H20N2O5/c1-13-5-4-6-16(9-13)25-12-19(23)21-20-11-15-7-8-17(26-14(2)22)18(10-15)24-3/h4-11H,12H2,1-3H3,(H,21,23)/b20-11-. The number of rotatable bonds is 7. The van der Waals surface area contributed by atoms with Crippen LogP contribution in [0.5, 0.6) is 17.2 Å². The molecule has 1 N–H and O–H groups in total. The molecule has 0 saturated carbocycles. The van der Waals surface area contributed by atoms with E-state index in [1.54, 1.807) is 24.3 Å². The van der Waals surface area contributed by atoms with Crippen LogP contribution in [0, 0.1) is 6.92 Å². The van der Waals surface area contributed by atoms with Crippen molar-refractivity contribution in [1.29, 1.82) is 0 Å². The minimum atomic E-state index is -0.439. The molecular weight excluding hydrogens is 336 g/mol. The highest BCUT2D eigenvalue weighted by Crippen LogP contribution is 2.27. The van der Waals surface area contributed by atoms with Crippen LogP contribution in [0.4, 0.5) is 0 Å². The minimum absolute atomic E-state index is 0.143. The first-order chi connectivity index (χ1) is 12.5. The predicted octanol–water partition coefficient (Wildman–Crippen LogP) is 2.46. The summed E-state index contributed by atoms with van der Waals surface area (Å²) in [6, 6.07) is 12.3. The average molecular weight is 356 g/mol. The van der Waals surface area contributed by atoms with Gasteiger partial charge in [0.05, 0.1) is 13.3 Å². The molecule has 0 aliphatic rings. The van der Waals surface area contributed by atoms with E-state index in [1.165, 1.54) is 20.2 Å². The first-order valence-electron chi connectivity index (χ1n) is 7.86. The lowest BCUT2D eigenvalue weighted by Crippen LogP contribution is -2.24. The summed E-state index contributed by atoms with van der Waals surface area (Å²) < 4.78 is 15.6. The number of ether oxygens (including phenoxy) is 3. The third-order valence-electron chi connectivity index (χ3n) is 3.20. The van der Waals surface area contributed by atoms with Crippen LogP contribution < -0.4 is 19.6 Å². The fourth-order valence-corrected chi connectivity index (χ4v) is 2.07. The maximum atomic E-state index is 11.8. The highest BCUT2D eigenvalue weighted by Gasteiger charge is 2.07. The van der Waals surface area contributed by atoms with E-state index in [0.717, 1.165) is 5.56 Å². The highest BCUT2D eigenvalue weighted by molar-refractivity contribution is 5.84. The predicted molar refractivity (Wildman–Crippen MR) is 96.7 cm³/mol. The maximum absolute atomic E-state index is 11.8. The number of nitrogens with one attached hydrogen (secondary N) is 1. The molecule has 0 atom stereocenters. The molecule has 26 heavy (non-hydrogen) atoms. The zero-order chi connectivity index (χ0) is 18.9. The van der Waals surface area contributed by atoms with Gasteiger partial charge in [0.15, 0.2) is 18.1 Å². The molecule has 0 aliphatic carbocycles. The Hall–Kier alpha value is -3.35. The SMILES string of the molecule is COc1cc(/C=N\NC(=O)COc2cccc(C)c2)ccc1OC(C)=O. The number of carbonyl (C=O) groups is 2. The smallest absolute Gasteiger partial charge is 0.308 e. The molecule has 0 radical (unpaired) electrons. The van der Waals surface area contributed by atoms with Gasteiger partial charge in [-0.3, -0.25) is 9.59 Å². The molecular formula is C19H20N2O5. The number of carbonyl (C=O) groups excluding carboxylic acids is 2. The Bertz CT molecular complexity index is 817. The molecule has 2 aromatic carbocycles. The Morgan fingerprint density at radius 2 is 1.96 bits per heavy atom. The van der Waals surface area contributed by atoms with Gasteiger partial charge in [-0.2, -0.15) is 5.10 Å². The van der Waals surface area contributed by atoms with Gasteiger partial charge < -0.3 is 14.2 Å². The van der Waals surface area contributed by atoms with Crippen LogP contribution in [0.25, 0.3) is 0 Å². The average Bonchev–Trinajstić information content (AvgIpc) is 2.61. The monoisotopic (exact) mass is 356 g/mol. The van der Waals surface area contributed by atoms with Gasteiger partial charge in [0.25, 0.3) is 5.91 Å². The quantitative estimate of drug-likeness (QED) is 0.356. The van der Waals surface area contributed by atoms with Gasteiger partial charge in [0, 0.05) is 6.92 Å². The summed E-state index contributed by atoms with van der Waals surface area (Å²) in [5.41, 5.74) is 4.09. The lowest BCUT2D eigenvalue weighted by molar-refractivity contribution is -0.132. The van der Waals surface area contributed by atoms with Crippen molar-refractivity contribution >= 4 is 18.1 Å². The number of methoxy groups -OCH3 is 1. The molecule has 0 saturated heterocycles. The van der Waals surface area contributed by atoms with E-state index in [9.17, 15) is 9.59 Å². The summed E-state index contributed by atoms with van der Waals surface area (Å²) in [4.78, 5) is 22.8. The number of aryl methyl sites for hydroxylation is 1. The van der Waals surface area contributed by atoms with Gasteiger partial charge >= 0.3 is 5.97 Å². The summed E-state index contributed by atoms with van der Waals surface area (Å²) in [5, 5.41) is 3.87. The van der Waals surface area contributed by atoms with Crippen LogP contribution in [-0.2, 0) is 9.59 Å².